The molecular weight excluding hydrogens is 144 g/mol. The molecule has 0 spiro atoms. The second-order valence-corrected chi connectivity index (χ2v) is 2.80. The lowest BCUT2D eigenvalue weighted by Crippen LogP contribution is -2.30. The Morgan fingerprint density at radius 1 is 1.70 bits per heavy atom. The normalized spacial score (nSPS) is 31.1. The highest BCUT2D eigenvalue weighted by molar-refractivity contribution is 7.80. The van der Waals surface area contributed by atoms with Crippen molar-refractivity contribution in [3.8, 4) is 0 Å². The van der Waals surface area contributed by atoms with Crippen molar-refractivity contribution in [2.75, 3.05) is 0 Å². The third kappa shape index (κ3) is 1.29. The fourth-order valence-electron chi connectivity index (χ4n) is 1.13. The summed E-state index contributed by atoms with van der Waals surface area (Å²) in [5, 5.41) is 7.01. The number of thiocarbonyl (C=S) groups is 1. The van der Waals surface area contributed by atoms with Gasteiger partial charge in [-0.3, -0.25) is 0 Å². The third-order valence-corrected chi connectivity index (χ3v) is 1.98. The van der Waals surface area contributed by atoms with E-state index in [1.165, 1.54) is 0 Å². The maximum Gasteiger partial charge on any atom is 0.167 e. The molecule has 3 heteroatoms. The molecule has 10 heavy (non-hydrogen) atoms. The van der Waals surface area contributed by atoms with Gasteiger partial charge >= 0.3 is 0 Å². The van der Waals surface area contributed by atoms with E-state index in [2.05, 4.69) is 24.1 Å². The van der Waals surface area contributed by atoms with Crippen molar-refractivity contribution in [3.05, 3.63) is 12.7 Å². The lowest BCUT2D eigenvalue weighted by atomic mass is 10.1. The van der Waals surface area contributed by atoms with Crippen molar-refractivity contribution in [2.24, 2.45) is 0 Å². The molecule has 0 bridgehead atoms. The molecule has 0 aromatic carbocycles. The standard InChI is InChI=1S/C7H12N2S/c1-3-5-6(4-2)9-7(10)8-5/h3,5-6H,1,4H2,2H3,(H2,8,9,10)/t5-,6-/m0/s1. The lowest BCUT2D eigenvalue weighted by Gasteiger charge is -2.11. The third-order valence-electron chi connectivity index (χ3n) is 1.74. The lowest BCUT2D eigenvalue weighted by molar-refractivity contribution is 0.564. The summed E-state index contributed by atoms with van der Waals surface area (Å²) in [6, 6.07) is 0.752. The number of hydrogen-bond acceptors (Lipinski definition) is 1. The number of hydrogen-bond donors (Lipinski definition) is 2. The van der Waals surface area contributed by atoms with Crippen LogP contribution in [0.3, 0.4) is 0 Å². The number of rotatable bonds is 2. The van der Waals surface area contributed by atoms with Crippen molar-refractivity contribution in [1.29, 1.82) is 0 Å². The van der Waals surface area contributed by atoms with Gasteiger partial charge in [0.15, 0.2) is 5.11 Å². The summed E-state index contributed by atoms with van der Waals surface area (Å²) >= 11 is 4.94. The van der Waals surface area contributed by atoms with Crippen LogP contribution >= 0.6 is 12.2 Å². The van der Waals surface area contributed by atoms with Gasteiger partial charge in [-0.25, -0.2) is 0 Å². The molecule has 0 aliphatic carbocycles. The Balaban J connectivity index is 2.56. The molecule has 0 unspecified atom stereocenters. The van der Waals surface area contributed by atoms with Crippen LogP contribution in [0.15, 0.2) is 12.7 Å². The fourth-order valence-corrected chi connectivity index (χ4v) is 1.42. The molecule has 1 fully saturated rings. The van der Waals surface area contributed by atoms with E-state index in [1.807, 2.05) is 6.08 Å². The fraction of sp³-hybridized carbons (Fsp3) is 0.571. The van der Waals surface area contributed by atoms with Gasteiger partial charge in [-0.15, -0.1) is 6.58 Å². The quantitative estimate of drug-likeness (QED) is 0.457. The van der Waals surface area contributed by atoms with E-state index in [4.69, 9.17) is 12.2 Å². The average molecular weight is 156 g/mol. The smallest absolute Gasteiger partial charge is 0.167 e. The van der Waals surface area contributed by atoms with Crippen molar-refractivity contribution in [3.63, 3.8) is 0 Å². The van der Waals surface area contributed by atoms with Crippen LogP contribution in [0, 0.1) is 0 Å². The summed E-state index contributed by atoms with van der Waals surface area (Å²) < 4.78 is 0. The Hall–Kier alpha value is -0.570. The number of nitrogens with one attached hydrogen (secondary N) is 2. The van der Waals surface area contributed by atoms with E-state index in [0.717, 1.165) is 11.5 Å². The topological polar surface area (TPSA) is 24.1 Å². The zero-order chi connectivity index (χ0) is 7.56. The Kier molecular flexibility index (Phi) is 2.27. The largest absolute Gasteiger partial charge is 0.358 e. The van der Waals surface area contributed by atoms with Crippen LogP contribution < -0.4 is 10.6 Å². The highest BCUT2D eigenvalue weighted by Gasteiger charge is 2.24. The van der Waals surface area contributed by atoms with Crippen LogP contribution in [0.4, 0.5) is 0 Å². The van der Waals surface area contributed by atoms with Crippen LogP contribution in [0.2, 0.25) is 0 Å². The molecule has 0 amide bonds. The molecule has 2 atom stereocenters. The highest BCUT2D eigenvalue weighted by Crippen LogP contribution is 2.05. The minimum Gasteiger partial charge on any atom is -0.358 e. The summed E-state index contributed by atoms with van der Waals surface area (Å²) in [4.78, 5) is 0. The molecule has 0 aromatic heterocycles. The summed E-state index contributed by atoms with van der Waals surface area (Å²) in [5.74, 6) is 0. The van der Waals surface area contributed by atoms with Crippen LogP contribution in [-0.4, -0.2) is 17.2 Å². The molecule has 1 saturated heterocycles. The summed E-state index contributed by atoms with van der Waals surface area (Å²) in [6.07, 6.45) is 2.96. The van der Waals surface area contributed by atoms with Crippen molar-refractivity contribution >= 4 is 17.3 Å². The Morgan fingerprint density at radius 2 is 2.40 bits per heavy atom. The molecule has 0 aromatic rings. The minimum absolute atomic E-state index is 0.317. The molecule has 56 valence electrons. The van der Waals surface area contributed by atoms with E-state index in [1.54, 1.807) is 0 Å². The second kappa shape index (κ2) is 3.01. The molecule has 0 radical (unpaired) electrons. The van der Waals surface area contributed by atoms with Crippen molar-refractivity contribution in [1.82, 2.24) is 10.6 Å². The molecule has 1 aliphatic heterocycles. The van der Waals surface area contributed by atoms with Gasteiger partial charge in [-0.2, -0.15) is 0 Å². The molecule has 0 saturated carbocycles. The molecule has 2 nitrogen and oxygen atoms in total. The maximum absolute atomic E-state index is 4.94. The molecule has 2 N–H and O–H groups in total. The van der Waals surface area contributed by atoms with E-state index < -0.39 is 0 Å². The molecular formula is C7H12N2S. The Labute approximate surface area is 66.7 Å². The molecule has 1 aliphatic rings. The van der Waals surface area contributed by atoms with Gasteiger partial charge in [0.25, 0.3) is 0 Å². The van der Waals surface area contributed by atoms with Crippen LogP contribution in [0.1, 0.15) is 13.3 Å². The van der Waals surface area contributed by atoms with Gasteiger partial charge in [-0.05, 0) is 18.6 Å². The maximum atomic E-state index is 4.94. The second-order valence-electron chi connectivity index (χ2n) is 2.39. The Morgan fingerprint density at radius 3 is 2.80 bits per heavy atom. The SMILES string of the molecule is C=C[C@@H]1NC(=S)N[C@H]1CC. The van der Waals surface area contributed by atoms with Gasteiger partial charge < -0.3 is 10.6 Å². The van der Waals surface area contributed by atoms with Gasteiger partial charge in [0.05, 0.1) is 12.1 Å². The monoisotopic (exact) mass is 156 g/mol. The Bertz CT molecular complexity index is 156. The predicted octanol–water partition coefficient (Wildman–Crippen LogP) is 0.797. The summed E-state index contributed by atoms with van der Waals surface area (Å²) in [6.45, 7) is 5.84. The summed E-state index contributed by atoms with van der Waals surface area (Å²) in [5.41, 5.74) is 0. The average Bonchev–Trinajstić information content (AvgIpc) is 2.30. The zero-order valence-electron chi connectivity index (χ0n) is 6.05. The van der Waals surface area contributed by atoms with Crippen LogP contribution in [0.25, 0.3) is 0 Å². The van der Waals surface area contributed by atoms with Gasteiger partial charge in [0.1, 0.15) is 0 Å². The van der Waals surface area contributed by atoms with Gasteiger partial charge in [0.2, 0.25) is 0 Å². The van der Waals surface area contributed by atoms with Gasteiger partial charge in [-0.1, -0.05) is 13.0 Å². The summed E-state index contributed by atoms with van der Waals surface area (Å²) in [7, 11) is 0. The van der Waals surface area contributed by atoms with E-state index in [0.29, 0.717) is 12.1 Å². The van der Waals surface area contributed by atoms with E-state index >= 15 is 0 Å². The van der Waals surface area contributed by atoms with Crippen molar-refractivity contribution < 1.29 is 0 Å². The minimum atomic E-state index is 0.317. The van der Waals surface area contributed by atoms with Crippen molar-refractivity contribution in [2.45, 2.75) is 25.4 Å². The first-order chi connectivity index (χ1) is 4.77. The highest BCUT2D eigenvalue weighted by atomic mass is 32.1. The van der Waals surface area contributed by atoms with Crippen LogP contribution in [0.5, 0.6) is 0 Å². The zero-order valence-corrected chi connectivity index (χ0v) is 6.87. The predicted molar refractivity (Wildman–Crippen MR) is 46.9 cm³/mol. The molecule has 1 heterocycles. The van der Waals surface area contributed by atoms with Gasteiger partial charge in [0, 0.05) is 0 Å². The van der Waals surface area contributed by atoms with E-state index in [-0.39, 0.29) is 0 Å². The first-order valence-electron chi connectivity index (χ1n) is 3.47. The first-order valence-corrected chi connectivity index (χ1v) is 3.88. The van der Waals surface area contributed by atoms with E-state index in [9.17, 15) is 0 Å². The van der Waals surface area contributed by atoms with Crippen LogP contribution in [-0.2, 0) is 0 Å². The molecule has 1 rings (SSSR count). The first kappa shape index (κ1) is 7.54.